The third kappa shape index (κ3) is 2.60. The minimum absolute atomic E-state index is 0.542. The summed E-state index contributed by atoms with van der Waals surface area (Å²) in [5.41, 5.74) is -0.652. The Kier molecular flexibility index (Phi) is 3.10. The van der Waals surface area contributed by atoms with Crippen molar-refractivity contribution < 1.29 is 9.90 Å². The Morgan fingerprint density at radius 1 is 1.59 bits per heavy atom. The van der Waals surface area contributed by atoms with Gasteiger partial charge in [0.2, 0.25) is 0 Å². The second kappa shape index (κ2) is 4.40. The number of carboxylic acid groups (broad SMARTS) is 1. The lowest BCUT2D eigenvalue weighted by atomic mass is 9.82. The number of hydrogen-bond donors (Lipinski definition) is 1. The molecule has 1 aliphatic heterocycles. The first-order chi connectivity index (χ1) is 7.99. The lowest BCUT2D eigenvalue weighted by Crippen LogP contribution is -2.45. The molecule has 1 aromatic rings. The van der Waals surface area contributed by atoms with Crippen molar-refractivity contribution in [2.24, 2.45) is 12.5 Å². The molecular weight excluding hydrogens is 222 g/mol. The normalized spacial score (nSPS) is 26.0. The number of carboxylic acids is 1. The van der Waals surface area contributed by atoms with Crippen LogP contribution in [0.15, 0.2) is 0 Å². The lowest BCUT2D eigenvalue weighted by Gasteiger charge is -2.36. The second-order valence-electron chi connectivity index (χ2n) is 4.88. The highest BCUT2D eigenvalue weighted by atomic mass is 16.4. The zero-order valence-electron chi connectivity index (χ0n) is 10.1. The van der Waals surface area contributed by atoms with Crippen LogP contribution in [0.2, 0.25) is 0 Å². The summed E-state index contributed by atoms with van der Waals surface area (Å²) in [6.07, 6.45) is 1.62. The van der Waals surface area contributed by atoms with E-state index in [-0.39, 0.29) is 0 Å². The van der Waals surface area contributed by atoms with E-state index in [0.717, 1.165) is 19.4 Å². The maximum absolute atomic E-state index is 11.2. The molecule has 2 heterocycles. The molecule has 0 amide bonds. The van der Waals surface area contributed by atoms with Crippen LogP contribution in [0.5, 0.6) is 0 Å². The molecule has 1 atom stereocenters. The predicted molar refractivity (Wildman–Crippen MR) is 59.1 cm³/mol. The van der Waals surface area contributed by atoms with Gasteiger partial charge in [-0.15, -0.1) is 10.2 Å². The maximum Gasteiger partial charge on any atom is 0.310 e. The number of nitrogens with zero attached hydrogens (tertiary/aromatic N) is 5. The predicted octanol–water partition coefficient (Wildman–Crippen LogP) is -0.103. The highest BCUT2D eigenvalue weighted by Gasteiger charge is 2.37. The molecule has 0 aromatic carbocycles. The van der Waals surface area contributed by atoms with Gasteiger partial charge in [-0.1, -0.05) is 0 Å². The van der Waals surface area contributed by atoms with Crippen molar-refractivity contribution in [2.45, 2.75) is 26.3 Å². The van der Waals surface area contributed by atoms with Gasteiger partial charge >= 0.3 is 5.97 Å². The summed E-state index contributed by atoms with van der Waals surface area (Å²) in [6, 6.07) is 0. The van der Waals surface area contributed by atoms with Crippen LogP contribution in [0.1, 0.15) is 25.6 Å². The number of piperidine rings is 1. The monoisotopic (exact) mass is 239 g/mol. The average Bonchev–Trinajstić information content (AvgIpc) is 2.64. The molecule has 94 valence electrons. The second-order valence-corrected chi connectivity index (χ2v) is 4.88. The van der Waals surface area contributed by atoms with E-state index in [1.807, 2.05) is 0 Å². The molecule has 0 saturated carbocycles. The molecule has 2 rings (SSSR count). The summed E-state index contributed by atoms with van der Waals surface area (Å²) < 4.78 is 0. The Labute approximate surface area is 99.4 Å². The Balaban J connectivity index is 2.00. The van der Waals surface area contributed by atoms with Crippen LogP contribution in [-0.4, -0.2) is 49.3 Å². The van der Waals surface area contributed by atoms with Crippen LogP contribution in [-0.2, 0) is 18.4 Å². The zero-order valence-corrected chi connectivity index (χ0v) is 10.1. The van der Waals surface area contributed by atoms with Crippen molar-refractivity contribution in [1.82, 2.24) is 25.1 Å². The first-order valence-corrected chi connectivity index (χ1v) is 5.68. The van der Waals surface area contributed by atoms with E-state index in [1.165, 1.54) is 4.80 Å². The minimum atomic E-state index is -0.727. The molecule has 1 fully saturated rings. The summed E-state index contributed by atoms with van der Waals surface area (Å²) in [7, 11) is 1.72. The quantitative estimate of drug-likeness (QED) is 0.792. The van der Waals surface area contributed by atoms with Gasteiger partial charge in [0, 0.05) is 6.54 Å². The molecule has 1 unspecified atom stereocenters. The van der Waals surface area contributed by atoms with E-state index in [9.17, 15) is 9.90 Å². The van der Waals surface area contributed by atoms with Gasteiger partial charge in [0.05, 0.1) is 19.0 Å². The average molecular weight is 239 g/mol. The van der Waals surface area contributed by atoms with Crippen LogP contribution in [0.3, 0.4) is 0 Å². The number of aromatic nitrogens is 4. The molecule has 0 bridgehead atoms. The van der Waals surface area contributed by atoms with E-state index in [0.29, 0.717) is 18.9 Å². The number of aliphatic carboxylic acids is 1. The van der Waals surface area contributed by atoms with Gasteiger partial charge in [-0.2, -0.15) is 4.80 Å². The van der Waals surface area contributed by atoms with Crippen molar-refractivity contribution in [1.29, 1.82) is 0 Å². The van der Waals surface area contributed by atoms with E-state index >= 15 is 0 Å². The topological polar surface area (TPSA) is 84.1 Å². The van der Waals surface area contributed by atoms with E-state index in [4.69, 9.17) is 0 Å². The van der Waals surface area contributed by atoms with Crippen molar-refractivity contribution in [3.63, 3.8) is 0 Å². The fourth-order valence-electron chi connectivity index (χ4n) is 2.24. The van der Waals surface area contributed by atoms with Crippen LogP contribution in [0, 0.1) is 5.41 Å². The van der Waals surface area contributed by atoms with Gasteiger partial charge in [0.15, 0.2) is 5.82 Å². The number of likely N-dealkylation sites (tertiary alicyclic amines) is 1. The lowest BCUT2D eigenvalue weighted by molar-refractivity contribution is -0.151. The standard InChI is InChI=1S/C10H17N5O2/c1-10(9(16)17)4-3-5-15(7-10)6-8-11-13-14(2)12-8/h3-7H2,1-2H3,(H,16,17). The van der Waals surface area contributed by atoms with Gasteiger partial charge in [-0.25, -0.2) is 0 Å². The number of tetrazole rings is 1. The summed E-state index contributed by atoms with van der Waals surface area (Å²) >= 11 is 0. The smallest absolute Gasteiger partial charge is 0.310 e. The summed E-state index contributed by atoms with van der Waals surface area (Å²) in [5.74, 6) is -0.0866. The Hall–Kier alpha value is -1.50. The molecule has 1 aromatic heterocycles. The Bertz CT molecular complexity index is 419. The summed E-state index contributed by atoms with van der Waals surface area (Å²) in [6.45, 7) is 3.80. The molecular formula is C10H17N5O2. The van der Waals surface area contributed by atoms with Gasteiger partial charge in [0.1, 0.15) is 0 Å². The molecule has 17 heavy (non-hydrogen) atoms. The third-order valence-electron chi connectivity index (χ3n) is 3.21. The molecule has 0 spiro atoms. The maximum atomic E-state index is 11.2. The molecule has 7 nitrogen and oxygen atoms in total. The van der Waals surface area contributed by atoms with Crippen molar-refractivity contribution in [2.75, 3.05) is 13.1 Å². The van der Waals surface area contributed by atoms with Crippen LogP contribution >= 0.6 is 0 Å². The van der Waals surface area contributed by atoms with Gasteiger partial charge < -0.3 is 5.11 Å². The van der Waals surface area contributed by atoms with Crippen LogP contribution in [0.4, 0.5) is 0 Å². The van der Waals surface area contributed by atoms with E-state index < -0.39 is 11.4 Å². The fourth-order valence-corrected chi connectivity index (χ4v) is 2.24. The largest absolute Gasteiger partial charge is 0.481 e. The van der Waals surface area contributed by atoms with Gasteiger partial charge in [0.25, 0.3) is 0 Å². The summed E-state index contributed by atoms with van der Waals surface area (Å²) in [5, 5.41) is 21.0. The van der Waals surface area contributed by atoms with Crippen LogP contribution in [0.25, 0.3) is 0 Å². The van der Waals surface area contributed by atoms with Crippen molar-refractivity contribution in [3.05, 3.63) is 5.82 Å². The van der Waals surface area contributed by atoms with E-state index in [1.54, 1.807) is 14.0 Å². The van der Waals surface area contributed by atoms with Gasteiger partial charge in [-0.05, 0) is 31.5 Å². The first kappa shape index (κ1) is 12.0. The highest BCUT2D eigenvalue weighted by Crippen LogP contribution is 2.30. The molecule has 1 saturated heterocycles. The van der Waals surface area contributed by atoms with E-state index in [2.05, 4.69) is 20.3 Å². The van der Waals surface area contributed by atoms with Crippen LogP contribution < -0.4 is 0 Å². The Morgan fingerprint density at radius 2 is 2.35 bits per heavy atom. The highest BCUT2D eigenvalue weighted by molar-refractivity contribution is 5.74. The molecule has 1 N–H and O–H groups in total. The van der Waals surface area contributed by atoms with Crippen molar-refractivity contribution in [3.8, 4) is 0 Å². The first-order valence-electron chi connectivity index (χ1n) is 5.68. The molecule has 7 heteroatoms. The van der Waals surface area contributed by atoms with Crippen molar-refractivity contribution >= 4 is 5.97 Å². The minimum Gasteiger partial charge on any atom is -0.481 e. The number of aryl methyl sites for hydroxylation is 1. The summed E-state index contributed by atoms with van der Waals surface area (Å²) in [4.78, 5) is 14.7. The number of carbonyl (C=O) groups is 1. The molecule has 1 aliphatic rings. The zero-order chi connectivity index (χ0) is 12.5. The fraction of sp³-hybridized carbons (Fsp3) is 0.800. The molecule has 0 radical (unpaired) electrons. The SMILES string of the molecule is Cn1nnc(CN2CCCC(C)(C(=O)O)C2)n1. The Morgan fingerprint density at radius 3 is 2.94 bits per heavy atom. The number of rotatable bonds is 3. The van der Waals surface area contributed by atoms with Gasteiger partial charge in [-0.3, -0.25) is 9.69 Å². The molecule has 0 aliphatic carbocycles. The third-order valence-corrected chi connectivity index (χ3v) is 3.21. The number of hydrogen-bond acceptors (Lipinski definition) is 5.